The summed E-state index contributed by atoms with van der Waals surface area (Å²) in [5, 5.41) is 7.02. The van der Waals surface area contributed by atoms with Crippen molar-refractivity contribution >= 4 is 19.7 Å². The van der Waals surface area contributed by atoms with Gasteiger partial charge in [-0.3, -0.25) is 4.57 Å². The standard InChI is InChI=1S/C7H8ClN5O2S/c1-12-4-9-3-5(12)6-10-11-7(13(6)2)16(8,14)15/h3-4H,1-2H3. The fraction of sp³-hybridized carbons (Fsp3) is 0.286. The molecule has 9 heteroatoms. The van der Waals surface area contributed by atoms with Crippen LogP contribution in [0.5, 0.6) is 0 Å². The second-order valence-corrected chi connectivity index (χ2v) is 5.65. The Morgan fingerprint density at radius 2 is 2.00 bits per heavy atom. The number of rotatable bonds is 2. The van der Waals surface area contributed by atoms with E-state index in [1.165, 1.54) is 11.6 Å². The molecular weight excluding hydrogens is 254 g/mol. The molecule has 0 saturated carbocycles. The maximum absolute atomic E-state index is 11.1. The largest absolute Gasteiger partial charge is 0.331 e. The minimum absolute atomic E-state index is 0.287. The lowest BCUT2D eigenvalue weighted by molar-refractivity contribution is 0.593. The van der Waals surface area contributed by atoms with Crippen LogP contribution in [0.25, 0.3) is 11.5 Å². The lowest BCUT2D eigenvalue weighted by atomic mass is 10.4. The van der Waals surface area contributed by atoms with Gasteiger partial charge in [-0.15, -0.1) is 10.2 Å². The van der Waals surface area contributed by atoms with Crippen LogP contribution in [0.3, 0.4) is 0 Å². The Morgan fingerprint density at radius 1 is 1.31 bits per heavy atom. The van der Waals surface area contributed by atoms with Gasteiger partial charge in [0.05, 0.1) is 12.5 Å². The minimum atomic E-state index is -3.88. The van der Waals surface area contributed by atoms with Crippen LogP contribution in [0, 0.1) is 0 Å². The van der Waals surface area contributed by atoms with Gasteiger partial charge in [0.15, 0.2) is 5.82 Å². The molecule has 0 saturated heterocycles. The van der Waals surface area contributed by atoms with Crippen molar-refractivity contribution in [2.75, 3.05) is 0 Å². The third-order valence-corrected chi connectivity index (χ3v) is 3.30. The van der Waals surface area contributed by atoms with E-state index in [0.29, 0.717) is 11.5 Å². The molecule has 0 spiro atoms. The zero-order valence-corrected chi connectivity index (χ0v) is 10.1. The minimum Gasteiger partial charge on any atom is -0.331 e. The fourth-order valence-corrected chi connectivity index (χ4v) is 2.28. The van der Waals surface area contributed by atoms with E-state index in [0.717, 1.165) is 0 Å². The Balaban J connectivity index is 2.63. The number of aryl methyl sites for hydroxylation is 1. The molecule has 0 bridgehead atoms. The fourth-order valence-electron chi connectivity index (χ4n) is 1.32. The molecule has 86 valence electrons. The molecule has 0 aliphatic carbocycles. The van der Waals surface area contributed by atoms with Gasteiger partial charge in [0.2, 0.25) is 0 Å². The van der Waals surface area contributed by atoms with Gasteiger partial charge in [-0.2, -0.15) is 0 Å². The summed E-state index contributed by atoms with van der Waals surface area (Å²) in [7, 11) is 4.62. The highest BCUT2D eigenvalue weighted by Crippen LogP contribution is 2.19. The molecule has 0 atom stereocenters. The van der Waals surface area contributed by atoms with E-state index >= 15 is 0 Å². The van der Waals surface area contributed by atoms with Crippen LogP contribution < -0.4 is 0 Å². The lowest BCUT2D eigenvalue weighted by Gasteiger charge is -2.01. The van der Waals surface area contributed by atoms with Gasteiger partial charge in [-0.25, -0.2) is 13.4 Å². The van der Waals surface area contributed by atoms with Crippen LogP contribution in [0.15, 0.2) is 17.7 Å². The highest BCUT2D eigenvalue weighted by molar-refractivity contribution is 8.13. The van der Waals surface area contributed by atoms with Crippen LogP contribution in [0.4, 0.5) is 0 Å². The van der Waals surface area contributed by atoms with Gasteiger partial charge in [0.25, 0.3) is 14.2 Å². The maximum Gasteiger partial charge on any atom is 0.296 e. The topological polar surface area (TPSA) is 82.7 Å². The Bertz CT molecular complexity index is 629. The number of hydrogen-bond acceptors (Lipinski definition) is 5. The van der Waals surface area contributed by atoms with Crippen molar-refractivity contribution in [1.82, 2.24) is 24.3 Å². The second kappa shape index (κ2) is 3.56. The molecule has 0 unspecified atom stereocenters. The van der Waals surface area contributed by atoms with Gasteiger partial charge in [0, 0.05) is 24.8 Å². The quantitative estimate of drug-likeness (QED) is 0.719. The third kappa shape index (κ3) is 1.69. The molecule has 0 aliphatic rings. The normalized spacial score (nSPS) is 11.9. The monoisotopic (exact) mass is 261 g/mol. The van der Waals surface area contributed by atoms with Crippen molar-refractivity contribution in [3.05, 3.63) is 12.5 Å². The summed E-state index contributed by atoms with van der Waals surface area (Å²) in [5.74, 6) is 0.388. The molecule has 0 radical (unpaired) electrons. The number of aromatic nitrogens is 5. The van der Waals surface area contributed by atoms with Gasteiger partial charge in [0.1, 0.15) is 5.69 Å². The van der Waals surface area contributed by atoms with Gasteiger partial charge in [-0.05, 0) is 0 Å². The molecule has 0 fully saturated rings. The van der Waals surface area contributed by atoms with Crippen LogP contribution in [0.2, 0.25) is 0 Å². The maximum atomic E-state index is 11.1. The summed E-state index contributed by atoms with van der Waals surface area (Å²) < 4.78 is 25.3. The summed E-state index contributed by atoms with van der Waals surface area (Å²) in [4.78, 5) is 3.91. The predicted molar refractivity (Wildman–Crippen MR) is 56.2 cm³/mol. The molecule has 16 heavy (non-hydrogen) atoms. The van der Waals surface area contributed by atoms with Crippen molar-refractivity contribution in [1.29, 1.82) is 0 Å². The second-order valence-electron chi connectivity index (χ2n) is 3.19. The zero-order valence-electron chi connectivity index (χ0n) is 8.49. The third-order valence-electron chi connectivity index (χ3n) is 2.10. The predicted octanol–water partition coefficient (Wildman–Crippen LogP) is 0.143. The van der Waals surface area contributed by atoms with Crippen LogP contribution >= 0.6 is 10.7 Å². The average Bonchev–Trinajstić information content (AvgIpc) is 2.70. The molecular formula is C7H8ClN5O2S. The summed E-state index contributed by atoms with van der Waals surface area (Å²) in [6.07, 6.45) is 3.15. The lowest BCUT2D eigenvalue weighted by Crippen LogP contribution is -2.04. The smallest absolute Gasteiger partial charge is 0.296 e. The number of imidazole rings is 1. The molecule has 2 rings (SSSR count). The van der Waals surface area contributed by atoms with E-state index in [1.54, 1.807) is 24.1 Å². The van der Waals surface area contributed by atoms with Crippen molar-refractivity contribution in [2.24, 2.45) is 14.1 Å². The molecule has 0 N–H and O–H groups in total. The molecule has 2 aromatic heterocycles. The molecule has 2 heterocycles. The first-order valence-corrected chi connectivity index (χ1v) is 6.53. The van der Waals surface area contributed by atoms with Crippen molar-refractivity contribution in [3.63, 3.8) is 0 Å². The number of nitrogens with zero attached hydrogens (tertiary/aromatic N) is 5. The highest BCUT2D eigenvalue weighted by atomic mass is 35.7. The zero-order chi connectivity index (χ0) is 11.9. The molecule has 7 nitrogen and oxygen atoms in total. The summed E-state index contributed by atoms with van der Waals surface area (Å²) in [5.41, 5.74) is 0.654. The molecule has 0 aromatic carbocycles. The highest BCUT2D eigenvalue weighted by Gasteiger charge is 2.21. The van der Waals surface area contributed by atoms with Crippen LogP contribution in [-0.4, -0.2) is 32.7 Å². The Hall–Kier alpha value is -1.41. The van der Waals surface area contributed by atoms with E-state index < -0.39 is 9.05 Å². The summed E-state index contributed by atoms with van der Waals surface area (Å²) >= 11 is 0. The number of halogens is 1. The van der Waals surface area contributed by atoms with Crippen molar-refractivity contribution in [3.8, 4) is 11.5 Å². The SMILES string of the molecule is Cn1cncc1-c1nnc(S(=O)(=O)Cl)n1C. The summed E-state index contributed by atoms with van der Waals surface area (Å²) in [6, 6.07) is 0. The average molecular weight is 262 g/mol. The van der Waals surface area contributed by atoms with Crippen molar-refractivity contribution in [2.45, 2.75) is 5.16 Å². The first-order chi connectivity index (χ1) is 7.41. The number of hydrogen-bond donors (Lipinski definition) is 0. The van der Waals surface area contributed by atoms with Gasteiger partial charge < -0.3 is 4.57 Å². The van der Waals surface area contributed by atoms with E-state index in [9.17, 15) is 8.42 Å². The first kappa shape index (κ1) is 11.1. The van der Waals surface area contributed by atoms with Gasteiger partial charge in [-0.1, -0.05) is 0 Å². The van der Waals surface area contributed by atoms with E-state index in [2.05, 4.69) is 15.2 Å². The Kier molecular flexibility index (Phi) is 2.47. The van der Waals surface area contributed by atoms with Crippen LogP contribution in [-0.2, 0) is 23.1 Å². The van der Waals surface area contributed by atoms with Gasteiger partial charge >= 0.3 is 0 Å². The van der Waals surface area contributed by atoms with Crippen LogP contribution in [0.1, 0.15) is 0 Å². The first-order valence-electron chi connectivity index (χ1n) is 4.22. The molecule has 0 aliphatic heterocycles. The van der Waals surface area contributed by atoms with Crippen molar-refractivity contribution < 1.29 is 8.42 Å². The molecule has 2 aromatic rings. The summed E-state index contributed by atoms with van der Waals surface area (Å²) in [6.45, 7) is 0. The Labute approximate surface area is 96.1 Å². The molecule has 0 amide bonds. The Morgan fingerprint density at radius 3 is 2.44 bits per heavy atom. The van der Waals surface area contributed by atoms with E-state index in [-0.39, 0.29) is 5.16 Å². The van der Waals surface area contributed by atoms with E-state index in [4.69, 9.17) is 10.7 Å². The van der Waals surface area contributed by atoms with E-state index in [1.807, 2.05) is 0 Å².